The number of esters is 1. The summed E-state index contributed by atoms with van der Waals surface area (Å²) in [7, 11) is 1.56. The van der Waals surface area contributed by atoms with E-state index in [1.807, 2.05) is 6.07 Å². The lowest BCUT2D eigenvalue weighted by Crippen LogP contribution is -2.13. The summed E-state index contributed by atoms with van der Waals surface area (Å²) in [5.74, 6) is 1.98. The third-order valence-electron chi connectivity index (χ3n) is 4.55. The van der Waals surface area contributed by atoms with Crippen LogP contribution in [0.4, 0.5) is 5.69 Å². The molecule has 1 amide bonds. The molecule has 1 fully saturated rings. The highest BCUT2D eigenvalue weighted by Gasteiger charge is 2.29. The van der Waals surface area contributed by atoms with Crippen molar-refractivity contribution in [3.05, 3.63) is 47.5 Å². The summed E-state index contributed by atoms with van der Waals surface area (Å²) in [4.78, 5) is 23.8. The topological polar surface area (TPSA) is 73.9 Å². The van der Waals surface area contributed by atoms with Crippen LogP contribution >= 0.6 is 12.6 Å². The van der Waals surface area contributed by atoms with Gasteiger partial charge in [0.05, 0.1) is 20.1 Å². The van der Waals surface area contributed by atoms with E-state index in [1.165, 1.54) is 0 Å². The van der Waals surface area contributed by atoms with Crippen LogP contribution in [0.15, 0.2) is 36.4 Å². The minimum absolute atomic E-state index is 0.0529. The fourth-order valence-electron chi connectivity index (χ4n) is 2.88. The van der Waals surface area contributed by atoms with Crippen LogP contribution in [0.2, 0.25) is 0 Å². The first-order valence-corrected chi connectivity index (χ1v) is 10.2. The molecule has 0 spiro atoms. The first kappa shape index (κ1) is 21.0. The molecule has 2 aromatic rings. The van der Waals surface area contributed by atoms with Crippen LogP contribution in [0, 0.1) is 5.92 Å². The monoisotopic (exact) mass is 415 g/mol. The molecule has 0 atom stereocenters. The highest BCUT2D eigenvalue weighted by atomic mass is 32.1. The first-order chi connectivity index (χ1) is 14.0. The third kappa shape index (κ3) is 5.67. The standard InChI is InChI=1S/C22H25NO5S/c1-3-27-21(24)11-14-4-8-19(26-2)20(10-14)28-18-9-7-17(12-16(18)13-29)23-22(25)15-5-6-15/h4,7-10,12,15,29H,3,5-6,11,13H2,1-2H3,(H,23,25). The molecule has 0 radical (unpaired) electrons. The largest absolute Gasteiger partial charge is 0.493 e. The van der Waals surface area contributed by atoms with Crippen LogP contribution in [0.1, 0.15) is 30.9 Å². The molecule has 0 aromatic heterocycles. The zero-order valence-corrected chi connectivity index (χ0v) is 17.5. The minimum Gasteiger partial charge on any atom is -0.493 e. The molecule has 0 aliphatic heterocycles. The lowest BCUT2D eigenvalue weighted by Gasteiger charge is -2.15. The average Bonchev–Trinajstić information content (AvgIpc) is 3.55. The van der Waals surface area contributed by atoms with Crippen LogP contribution in [0.3, 0.4) is 0 Å². The molecule has 3 rings (SSSR count). The van der Waals surface area contributed by atoms with Crippen LogP contribution < -0.4 is 14.8 Å². The molecular formula is C22H25NO5S. The molecule has 0 bridgehead atoms. The van der Waals surface area contributed by atoms with Crippen LogP contribution in [-0.4, -0.2) is 25.6 Å². The maximum absolute atomic E-state index is 12.0. The van der Waals surface area contributed by atoms with E-state index in [1.54, 1.807) is 44.4 Å². The zero-order chi connectivity index (χ0) is 20.8. The Morgan fingerprint density at radius 2 is 1.86 bits per heavy atom. The van der Waals surface area contributed by atoms with E-state index in [2.05, 4.69) is 17.9 Å². The molecule has 7 heteroatoms. The Hall–Kier alpha value is -2.67. The van der Waals surface area contributed by atoms with E-state index in [-0.39, 0.29) is 24.2 Å². The van der Waals surface area contributed by atoms with Gasteiger partial charge in [-0.05, 0) is 55.7 Å². The molecule has 0 heterocycles. The predicted octanol–water partition coefficient (Wildman–Crippen LogP) is 4.37. The van der Waals surface area contributed by atoms with Crippen molar-refractivity contribution in [2.45, 2.75) is 31.9 Å². The molecule has 0 saturated heterocycles. The minimum atomic E-state index is -0.296. The van der Waals surface area contributed by atoms with E-state index in [4.69, 9.17) is 14.2 Å². The molecule has 2 aromatic carbocycles. The number of nitrogens with one attached hydrogen (secondary N) is 1. The van der Waals surface area contributed by atoms with Crippen molar-refractivity contribution < 1.29 is 23.8 Å². The number of hydrogen-bond acceptors (Lipinski definition) is 6. The second-order valence-electron chi connectivity index (χ2n) is 6.81. The quantitative estimate of drug-likeness (QED) is 0.470. The van der Waals surface area contributed by atoms with Gasteiger partial charge in [0.1, 0.15) is 5.75 Å². The molecule has 154 valence electrons. The second kappa shape index (κ2) is 9.69. The Balaban J connectivity index is 1.80. The maximum atomic E-state index is 12.0. The highest BCUT2D eigenvalue weighted by molar-refractivity contribution is 7.79. The second-order valence-corrected chi connectivity index (χ2v) is 7.13. The molecule has 1 aliphatic carbocycles. The van der Waals surface area contributed by atoms with Crippen molar-refractivity contribution in [2.75, 3.05) is 19.0 Å². The number of thiol groups is 1. The van der Waals surface area contributed by atoms with E-state index >= 15 is 0 Å². The highest BCUT2D eigenvalue weighted by Crippen LogP contribution is 2.36. The summed E-state index contributed by atoms with van der Waals surface area (Å²) in [6, 6.07) is 10.8. The van der Waals surface area contributed by atoms with Gasteiger partial charge in [0, 0.05) is 22.9 Å². The summed E-state index contributed by atoms with van der Waals surface area (Å²) in [6.07, 6.45) is 2.06. The normalized spacial score (nSPS) is 12.9. The number of amides is 1. The van der Waals surface area contributed by atoms with Gasteiger partial charge in [0.2, 0.25) is 5.91 Å². The van der Waals surface area contributed by atoms with Gasteiger partial charge in [0.15, 0.2) is 11.5 Å². The third-order valence-corrected chi connectivity index (χ3v) is 4.89. The van der Waals surface area contributed by atoms with E-state index in [9.17, 15) is 9.59 Å². The lowest BCUT2D eigenvalue weighted by molar-refractivity contribution is -0.142. The van der Waals surface area contributed by atoms with Crippen molar-refractivity contribution in [3.8, 4) is 17.2 Å². The Labute approximate surface area is 176 Å². The van der Waals surface area contributed by atoms with Gasteiger partial charge in [-0.25, -0.2) is 0 Å². The van der Waals surface area contributed by atoms with Crippen LogP contribution in [0.5, 0.6) is 17.2 Å². The van der Waals surface area contributed by atoms with E-state index < -0.39 is 0 Å². The molecule has 1 aliphatic rings. The van der Waals surface area contributed by atoms with E-state index in [0.29, 0.717) is 29.6 Å². The number of anilines is 1. The van der Waals surface area contributed by atoms with Gasteiger partial charge in [-0.3, -0.25) is 9.59 Å². The van der Waals surface area contributed by atoms with Crippen LogP contribution in [-0.2, 0) is 26.5 Å². The number of hydrogen-bond donors (Lipinski definition) is 2. The molecule has 1 N–H and O–H groups in total. The molecular weight excluding hydrogens is 390 g/mol. The fourth-order valence-corrected chi connectivity index (χ4v) is 3.13. The van der Waals surface area contributed by atoms with Crippen molar-refractivity contribution in [2.24, 2.45) is 5.92 Å². The smallest absolute Gasteiger partial charge is 0.310 e. The van der Waals surface area contributed by atoms with Gasteiger partial charge < -0.3 is 19.5 Å². The van der Waals surface area contributed by atoms with E-state index in [0.717, 1.165) is 29.7 Å². The number of carbonyl (C=O) groups is 2. The van der Waals surface area contributed by atoms with Gasteiger partial charge >= 0.3 is 5.97 Å². The van der Waals surface area contributed by atoms with Gasteiger partial charge in [0.25, 0.3) is 0 Å². The molecule has 1 saturated carbocycles. The van der Waals surface area contributed by atoms with Crippen LogP contribution in [0.25, 0.3) is 0 Å². The summed E-state index contributed by atoms with van der Waals surface area (Å²) in [5.41, 5.74) is 2.32. The summed E-state index contributed by atoms with van der Waals surface area (Å²) in [6.45, 7) is 2.11. The van der Waals surface area contributed by atoms with Crippen molar-refractivity contribution in [1.82, 2.24) is 0 Å². The van der Waals surface area contributed by atoms with Gasteiger partial charge in [-0.15, -0.1) is 0 Å². The van der Waals surface area contributed by atoms with Crippen molar-refractivity contribution >= 4 is 30.2 Å². The molecule has 6 nitrogen and oxygen atoms in total. The number of carbonyl (C=O) groups excluding carboxylic acids is 2. The zero-order valence-electron chi connectivity index (χ0n) is 16.6. The Morgan fingerprint density at radius 3 is 2.52 bits per heavy atom. The van der Waals surface area contributed by atoms with Gasteiger partial charge in [-0.1, -0.05) is 6.07 Å². The number of benzene rings is 2. The summed E-state index contributed by atoms with van der Waals surface area (Å²) in [5, 5.41) is 2.93. The predicted molar refractivity (Wildman–Crippen MR) is 114 cm³/mol. The Kier molecular flexibility index (Phi) is 7.04. The maximum Gasteiger partial charge on any atom is 0.310 e. The lowest BCUT2D eigenvalue weighted by atomic mass is 10.1. The first-order valence-electron chi connectivity index (χ1n) is 9.59. The molecule has 29 heavy (non-hydrogen) atoms. The summed E-state index contributed by atoms with van der Waals surface area (Å²) < 4.78 is 16.5. The molecule has 0 unspecified atom stereocenters. The number of methoxy groups -OCH3 is 1. The Bertz CT molecular complexity index is 895. The van der Waals surface area contributed by atoms with Crippen molar-refractivity contribution in [3.63, 3.8) is 0 Å². The summed E-state index contributed by atoms with van der Waals surface area (Å²) >= 11 is 4.39. The Morgan fingerprint density at radius 1 is 1.10 bits per heavy atom. The average molecular weight is 416 g/mol. The fraction of sp³-hybridized carbons (Fsp3) is 0.364. The van der Waals surface area contributed by atoms with Gasteiger partial charge in [-0.2, -0.15) is 12.6 Å². The SMILES string of the molecule is CCOC(=O)Cc1ccc(OC)c(Oc2ccc(NC(=O)C3CC3)cc2CS)c1. The number of ether oxygens (including phenoxy) is 3. The number of rotatable bonds is 9. The van der Waals surface area contributed by atoms with Crippen molar-refractivity contribution in [1.29, 1.82) is 0 Å².